The minimum absolute atomic E-state index is 0.209. The molecule has 1 aromatic carbocycles. The van der Waals surface area contributed by atoms with Gasteiger partial charge in [0.1, 0.15) is 17.8 Å². The Morgan fingerprint density at radius 3 is 2.85 bits per heavy atom. The van der Waals surface area contributed by atoms with Gasteiger partial charge in [0.15, 0.2) is 0 Å². The summed E-state index contributed by atoms with van der Waals surface area (Å²) in [5.41, 5.74) is 0.789. The number of piperidine rings is 1. The largest absolute Gasteiger partial charge is 0.369 e. The topological polar surface area (TPSA) is 91.0 Å². The van der Waals surface area contributed by atoms with Crippen LogP contribution in [0.5, 0.6) is 0 Å². The molecule has 0 amide bonds. The number of hydrogen-bond acceptors (Lipinski definition) is 5. The molecule has 2 atom stereocenters. The summed E-state index contributed by atoms with van der Waals surface area (Å²) in [6, 6.07) is 10.6. The van der Waals surface area contributed by atoms with Gasteiger partial charge in [-0.05, 0) is 36.5 Å². The molecule has 0 saturated carbocycles. The lowest BCUT2D eigenvalue weighted by Crippen LogP contribution is -2.45. The van der Waals surface area contributed by atoms with E-state index in [1.54, 1.807) is 28.6 Å². The molecule has 2 N–H and O–H groups in total. The van der Waals surface area contributed by atoms with E-state index in [1.807, 2.05) is 18.3 Å². The lowest BCUT2D eigenvalue weighted by Gasteiger charge is -2.36. The van der Waals surface area contributed by atoms with E-state index in [2.05, 4.69) is 27.2 Å². The quantitative estimate of drug-likeness (QED) is 0.705. The first-order valence-electron chi connectivity index (χ1n) is 9.13. The van der Waals surface area contributed by atoms with Gasteiger partial charge in [0.25, 0.3) is 0 Å². The summed E-state index contributed by atoms with van der Waals surface area (Å²) < 4.78 is 27.5. The summed E-state index contributed by atoms with van der Waals surface area (Å²) in [6.07, 6.45) is 4.21. The summed E-state index contributed by atoms with van der Waals surface area (Å²) in [5, 5.41) is 4.33. The number of fused-ring (bicyclic) bond motifs is 1. The third kappa shape index (κ3) is 3.54. The highest BCUT2D eigenvalue weighted by molar-refractivity contribution is 7.89. The highest BCUT2D eigenvalue weighted by Gasteiger charge is 2.33. The summed E-state index contributed by atoms with van der Waals surface area (Å²) in [4.78, 5) is 12.0. The highest BCUT2D eigenvalue weighted by Crippen LogP contribution is 2.28. The van der Waals surface area contributed by atoms with Crippen LogP contribution < -0.4 is 5.32 Å². The summed E-state index contributed by atoms with van der Waals surface area (Å²) in [5.74, 6) is 1.42. The second kappa shape index (κ2) is 7.28. The molecule has 0 spiro atoms. The van der Waals surface area contributed by atoms with Gasteiger partial charge < -0.3 is 10.3 Å². The van der Waals surface area contributed by atoms with Gasteiger partial charge in [-0.2, -0.15) is 4.31 Å². The Morgan fingerprint density at radius 2 is 2.04 bits per heavy atom. The second-order valence-corrected chi connectivity index (χ2v) is 8.98. The van der Waals surface area contributed by atoms with Crippen LogP contribution in [0.1, 0.15) is 13.3 Å². The fraction of sp³-hybridized carbons (Fsp3) is 0.368. The number of aromatic nitrogens is 3. The van der Waals surface area contributed by atoms with E-state index >= 15 is 0 Å². The van der Waals surface area contributed by atoms with Crippen LogP contribution in [-0.2, 0) is 10.0 Å². The van der Waals surface area contributed by atoms with Gasteiger partial charge in [-0.15, -0.1) is 0 Å². The molecule has 1 saturated heterocycles. The molecule has 0 aliphatic carbocycles. The van der Waals surface area contributed by atoms with E-state index in [9.17, 15) is 8.42 Å². The van der Waals surface area contributed by atoms with Crippen LogP contribution >= 0.6 is 0 Å². The van der Waals surface area contributed by atoms with Crippen molar-refractivity contribution in [1.82, 2.24) is 19.3 Å². The van der Waals surface area contributed by atoms with Gasteiger partial charge in [-0.1, -0.05) is 25.1 Å². The maximum Gasteiger partial charge on any atom is 0.243 e. The first-order valence-corrected chi connectivity index (χ1v) is 10.6. The van der Waals surface area contributed by atoms with Crippen LogP contribution in [0.15, 0.2) is 53.8 Å². The number of aromatic amines is 1. The standard InChI is InChI=1S/C19H23N5O2S/c1-14-8-10-24(27(25,26)16-5-3-2-4-6-16)12-15(14)11-21-19-17-7-9-20-18(17)22-13-23-19/h2-7,9,13-15H,8,10-12H2,1H3,(H2,20,21,22,23). The molecule has 8 heteroatoms. The number of anilines is 1. The average molecular weight is 385 g/mol. The highest BCUT2D eigenvalue weighted by atomic mass is 32.2. The Kier molecular flexibility index (Phi) is 4.84. The van der Waals surface area contributed by atoms with Crippen LogP contribution in [0.25, 0.3) is 11.0 Å². The first kappa shape index (κ1) is 17.9. The molecule has 2 aromatic heterocycles. The Balaban J connectivity index is 1.49. The molecule has 1 aliphatic heterocycles. The van der Waals surface area contributed by atoms with Gasteiger partial charge in [0.05, 0.1) is 10.3 Å². The van der Waals surface area contributed by atoms with E-state index < -0.39 is 10.0 Å². The first-order chi connectivity index (χ1) is 13.1. The number of sulfonamides is 1. The van der Waals surface area contributed by atoms with E-state index in [0.717, 1.165) is 23.3 Å². The van der Waals surface area contributed by atoms with Crippen molar-refractivity contribution >= 4 is 26.9 Å². The monoisotopic (exact) mass is 385 g/mol. The zero-order valence-corrected chi connectivity index (χ0v) is 16.0. The Labute approximate surface area is 158 Å². The van der Waals surface area contributed by atoms with E-state index in [4.69, 9.17) is 0 Å². The molecular weight excluding hydrogens is 362 g/mol. The summed E-state index contributed by atoms with van der Waals surface area (Å²) in [6.45, 7) is 3.92. The molecule has 1 aliphatic rings. The van der Waals surface area contributed by atoms with Crippen LogP contribution in [0.2, 0.25) is 0 Å². The molecule has 3 heterocycles. The SMILES string of the molecule is CC1CCN(S(=O)(=O)c2ccccc2)CC1CNc1ncnc2[nH]ccc12. The van der Waals surface area contributed by atoms with Crippen molar-refractivity contribution in [3.63, 3.8) is 0 Å². The second-order valence-electron chi connectivity index (χ2n) is 7.05. The van der Waals surface area contributed by atoms with E-state index in [-0.39, 0.29) is 5.92 Å². The lowest BCUT2D eigenvalue weighted by molar-refractivity contribution is 0.207. The summed E-state index contributed by atoms with van der Waals surface area (Å²) >= 11 is 0. The zero-order chi connectivity index (χ0) is 18.9. The Morgan fingerprint density at radius 1 is 1.22 bits per heavy atom. The normalized spacial score (nSPS) is 21.4. The maximum atomic E-state index is 12.9. The van der Waals surface area contributed by atoms with E-state index in [1.165, 1.54) is 6.33 Å². The van der Waals surface area contributed by atoms with E-state index in [0.29, 0.717) is 30.4 Å². The number of H-pyrrole nitrogens is 1. The minimum atomic E-state index is -3.45. The molecular formula is C19H23N5O2S. The van der Waals surface area contributed by atoms with Crippen molar-refractivity contribution in [3.8, 4) is 0 Å². The molecule has 0 radical (unpaired) electrons. The van der Waals surface area contributed by atoms with Gasteiger partial charge >= 0.3 is 0 Å². The molecule has 4 rings (SSSR count). The van der Waals surface area contributed by atoms with Crippen molar-refractivity contribution < 1.29 is 8.42 Å². The van der Waals surface area contributed by atoms with Crippen LogP contribution in [0, 0.1) is 11.8 Å². The van der Waals surface area contributed by atoms with Gasteiger partial charge in [0, 0.05) is 25.8 Å². The fourth-order valence-electron chi connectivity index (χ4n) is 3.58. The fourth-order valence-corrected chi connectivity index (χ4v) is 5.12. The number of nitrogens with zero attached hydrogens (tertiary/aromatic N) is 3. The molecule has 142 valence electrons. The number of rotatable bonds is 5. The van der Waals surface area contributed by atoms with Crippen LogP contribution in [0.4, 0.5) is 5.82 Å². The zero-order valence-electron chi connectivity index (χ0n) is 15.2. The molecule has 27 heavy (non-hydrogen) atoms. The van der Waals surface area contributed by atoms with Gasteiger partial charge in [-0.3, -0.25) is 0 Å². The third-order valence-corrected chi connectivity index (χ3v) is 7.22. The van der Waals surface area contributed by atoms with Crippen molar-refractivity contribution in [2.45, 2.75) is 18.2 Å². The number of nitrogens with one attached hydrogen (secondary N) is 2. The smallest absolute Gasteiger partial charge is 0.243 e. The predicted octanol–water partition coefficient (Wildman–Crippen LogP) is 2.72. The Bertz CT molecular complexity index is 1020. The predicted molar refractivity (Wildman–Crippen MR) is 105 cm³/mol. The maximum absolute atomic E-state index is 12.9. The van der Waals surface area contributed by atoms with Gasteiger partial charge in [0.2, 0.25) is 10.0 Å². The molecule has 3 aromatic rings. The molecule has 1 fully saturated rings. The summed E-state index contributed by atoms with van der Waals surface area (Å²) in [7, 11) is -3.45. The Hall–Kier alpha value is -2.45. The number of hydrogen-bond donors (Lipinski definition) is 2. The van der Waals surface area contributed by atoms with Gasteiger partial charge in [-0.25, -0.2) is 18.4 Å². The molecule has 2 unspecified atom stereocenters. The molecule has 0 bridgehead atoms. The van der Waals surface area contributed by atoms with Crippen LogP contribution in [-0.4, -0.2) is 47.3 Å². The van der Waals surface area contributed by atoms with Crippen molar-refractivity contribution in [1.29, 1.82) is 0 Å². The molecule has 7 nitrogen and oxygen atoms in total. The minimum Gasteiger partial charge on any atom is -0.369 e. The number of benzene rings is 1. The van der Waals surface area contributed by atoms with Crippen molar-refractivity contribution in [2.24, 2.45) is 11.8 Å². The lowest BCUT2D eigenvalue weighted by atomic mass is 9.88. The van der Waals surface area contributed by atoms with Crippen molar-refractivity contribution in [2.75, 3.05) is 25.0 Å². The average Bonchev–Trinajstić information content (AvgIpc) is 3.17. The van der Waals surface area contributed by atoms with Crippen LogP contribution in [0.3, 0.4) is 0 Å². The third-order valence-electron chi connectivity index (χ3n) is 5.34. The van der Waals surface area contributed by atoms with Crippen molar-refractivity contribution in [3.05, 3.63) is 48.9 Å².